The Morgan fingerprint density at radius 2 is 1.82 bits per heavy atom. The van der Waals surface area contributed by atoms with Gasteiger partial charge in [0.25, 0.3) is 0 Å². The second kappa shape index (κ2) is 6.31. The number of rotatable bonds is 3. The van der Waals surface area contributed by atoms with Crippen molar-refractivity contribution in [2.24, 2.45) is 0 Å². The molecule has 0 atom stereocenters. The van der Waals surface area contributed by atoms with E-state index in [2.05, 4.69) is 18.0 Å². The topological polar surface area (TPSA) is 64.8 Å². The summed E-state index contributed by atoms with van der Waals surface area (Å²) < 4.78 is 16.3. The molecule has 0 saturated heterocycles. The number of nitrogens with zero attached hydrogens (tertiary/aromatic N) is 2. The predicted molar refractivity (Wildman–Crippen MR) is 85.7 cm³/mol. The monoisotopic (exact) mass is 322 g/mol. The van der Waals surface area contributed by atoms with Gasteiger partial charge in [-0.3, -0.25) is 0 Å². The van der Waals surface area contributed by atoms with E-state index in [4.69, 9.17) is 14.0 Å². The molecule has 0 spiro atoms. The number of ether oxygens (including phenoxy) is 2. The quantitative estimate of drug-likeness (QED) is 0.870. The summed E-state index contributed by atoms with van der Waals surface area (Å²) in [5.74, 6) is 1.25. The number of amides is 1. The van der Waals surface area contributed by atoms with Crippen LogP contribution in [0.1, 0.15) is 26.5 Å². The minimum atomic E-state index is -0.690. The number of benzene rings is 1. The fraction of sp³-hybridized carbons (Fsp3) is 0.333. The van der Waals surface area contributed by atoms with Crippen molar-refractivity contribution < 1.29 is 18.8 Å². The van der Waals surface area contributed by atoms with Crippen molar-refractivity contribution in [2.45, 2.75) is 26.2 Å². The van der Waals surface area contributed by atoms with Gasteiger partial charge in [-0.05, 0) is 24.3 Å². The lowest BCUT2D eigenvalue weighted by atomic mass is 9.92. The Morgan fingerprint density at radius 3 is 2.32 bits per heavy atom. The zero-order valence-electron chi connectivity index (χ0n) is 12.9. The summed E-state index contributed by atoms with van der Waals surface area (Å²) in [4.78, 5) is 12.0. The van der Waals surface area contributed by atoms with E-state index in [9.17, 15) is 4.79 Å². The molecule has 0 aliphatic carbocycles. The highest BCUT2D eigenvalue weighted by atomic mass is 32.1. The summed E-state index contributed by atoms with van der Waals surface area (Å²) in [6.07, 6.45) is -0.690. The Hall–Kier alpha value is -2.15. The van der Waals surface area contributed by atoms with Gasteiger partial charge >= 0.3 is 6.09 Å². The molecule has 118 valence electrons. The maximum atomic E-state index is 12.0. The molecule has 0 bridgehead atoms. The first-order valence-electron chi connectivity index (χ1n) is 6.63. The van der Waals surface area contributed by atoms with Crippen LogP contribution in [-0.4, -0.2) is 18.4 Å². The molecule has 1 aromatic heterocycles. The van der Waals surface area contributed by atoms with Gasteiger partial charge in [0.1, 0.15) is 11.5 Å². The van der Waals surface area contributed by atoms with Crippen molar-refractivity contribution in [3.8, 4) is 11.5 Å². The van der Waals surface area contributed by atoms with E-state index in [1.807, 2.05) is 20.8 Å². The van der Waals surface area contributed by atoms with Crippen molar-refractivity contribution in [3.05, 3.63) is 36.0 Å². The maximum Gasteiger partial charge on any atom is 0.432 e. The lowest BCUT2D eigenvalue weighted by Crippen LogP contribution is -2.24. The van der Waals surface area contributed by atoms with E-state index in [1.54, 1.807) is 37.4 Å². The largest absolute Gasteiger partial charge is 0.497 e. The molecule has 0 aliphatic heterocycles. The average molecular weight is 322 g/mol. The molecule has 0 fully saturated rings. The first-order valence-corrected chi connectivity index (χ1v) is 7.03. The van der Waals surface area contributed by atoms with E-state index in [0.29, 0.717) is 11.5 Å². The van der Waals surface area contributed by atoms with Crippen LogP contribution in [0.4, 0.5) is 10.7 Å². The number of hydrogen-bond donors (Lipinski definition) is 1. The van der Waals surface area contributed by atoms with Gasteiger partial charge in [0, 0.05) is 11.5 Å². The van der Waals surface area contributed by atoms with Crippen LogP contribution in [-0.2, 0) is 5.41 Å². The fourth-order valence-corrected chi connectivity index (χ4v) is 1.73. The molecule has 1 amide bonds. The lowest BCUT2D eigenvalue weighted by Gasteiger charge is -2.13. The van der Waals surface area contributed by atoms with Crippen molar-refractivity contribution >= 4 is 24.8 Å². The normalized spacial score (nSPS) is 11.1. The smallest absolute Gasteiger partial charge is 0.432 e. The Morgan fingerprint density at radius 1 is 1.23 bits per heavy atom. The van der Waals surface area contributed by atoms with Crippen LogP contribution in [0.15, 0.2) is 34.9 Å². The van der Waals surface area contributed by atoms with Crippen LogP contribution >= 0.6 is 12.8 Å². The standard InChI is InChI=1S/C15H18N2O4S/c1-15(2,3)12-9-13(21-16-12)17(22)14(18)20-11-7-5-10(19-4)6-8-11/h5-9,22H,1-4H3. The molecule has 22 heavy (non-hydrogen) atoms. The highest BCUT2D eigenvalue weighted by Gasteiger charge is 2.24. The van der Waals surface area contributed by atoms with Crippen molar-refractivity contribution in [2.75, 3.05) is 11.4 Å². The van der Waals surface area contributed by atoms with E-state index in [-0.39, 0.29) is 11.3 Å². The summed E-state index contributed by atoms with van der Waals surface area (Å²) >= 11 is 4.09. The van der Waals surface area contributed by atoms with Gasteiger partial charge < -0.3 is 14.0 Å². The number of aromatic nitrogens is 1. The van der Waals surface area contributed by atoms with Gasteiger partial charge in [0.15, 0.2) is 0 Å². The minimum Gasteiger partial charge on any atom is -0.497 e. The van der Waals surface area contributed by atoms with E-state index in [0.717, 1.165) is 10.00 Å². The zero-order valence-corrected chi connectivity index (χ0v) is 13.8. The van der Waals surface area contributed by atoms with Crippen LogP contribution in [0.3, 0.4) is 0 Å². The molecular weight excluding hydrogens is 304 g/mol. The van der Waals surface area contributed by atoms with Gasteiger partial charge in [-0.25, -0.2) is 4.79 Å². The summed E-state index contributed by atoms with van der Waals surface area (Å²) in [5, 5.41) is 3.93. The van der Waals surface area contributed by atoms with Crippen LogP contribution in [0.25, 0.3) is 0 Å². The van der Waals surface area contributed by atoms with Crippen LogP contribution < -0.4 is 13.8 Å². The van der Waals surface area contributed by atoms with Gasteiger partial charge in [0.2, 0.25) is 5.88 Å². The average Bonchev–Trinajstić information content (AvgIpc) is 2.97. The number of thiol groups is 1. The van der Waals surface area contributed by atoms with Crippen LogP contribution in [0, 0.1) is 0 Å². The Balaban J connectivity index is 2.06. The molecule has 2 rings (SSSR count). The fourth-order valence-electron chi connectivity index (χ4n) is 1.60. The summed E-state index contributed by atoms with van der Waals surface area (Å²) in [6, 6.07) is 8.29. The highest BCUT2D eigenvalue weighted by molar-refractivity contribution is 7.82. The van der Waals surface area contributed by atoms with Gasteiger partial charge in [0.05, 0.1) is 12.8 Å². The van der Waals surface area contributed by atoms with Gasteiger partial charge in [-0.2, -0.15) is 4.31 Å². The SMILES string of the molecule is COc1ccc(OC(=O)N(S)c2cc(C(C)(C)C)no2)cc1. The summed E-state index contributed by atoms with van der Waals surface area (Å²) in [6.45, 7) is 5.98. The third-order valence-corrected chi connectivity index (χ3v) is 3.27. The molecule has 0 unspecified atom stereocenters. The highest BCUT2D eigenvalue weighted by Crippen LogP contribution is 2.27. The first-order chi connectivity index (χ1) is 10.3. The summed E-state index contributed by atoms with van der Waals surface area (Å²) in [5.41, 5.74) is 0.537. The molecule has 0 radical (unpaired) electrons. The van der Waals surface area contributed by atoms with Crippen molar-refractivity contribution in [3.63, 3.8) is 0 Å². The minimum absolute atomic E-state index is 0.184. The second-order valence-corrected chi connectivity index (χ2v) is 6.06. The van der Waals surface area contributed by atoms with Crippen molar-refractivity contribution in [1.29, 1.82) is 0 Å². The molecule has 0 saturated carbocycles. The molecule has 7 heteroatoms. The Labute approximate surface area is 134 Å². The van der Waals surface area contributed by atoms with E-state index < -0.39 is 6.09 Å². The van der Waals surface area contributed by atoms with E-state index in [1.165, 1.54) is 0 Å². The van der Waals surface area contributed by atoms with Crippen molar-refractivity contribution in [1.82, 2.24) is 5.16 Å². The number of anilines is 1. The predicted octanol–water partition coefficient (Wildman–Crippen LogP) is 3.83. The molecule has 0 aliphatic rings. The number of carbonyl (C=O) groups is 1. The maximum absolute atomic E-state index is 12.0. The Kier molecular flexibility index (Phi) is 4.65. The third-order valence-electron chi connectivity index (χ3n) is 2.91. The molecule has 1 aromatic carbocycles. The van der Waals surface area contributed by atoms with Crippen LogP contribution in [0.5, 0.6) is 11.5 Å². The number of hydrogen-bond acceptors (Lipinski definition) is 6. The van der Waals surface area contributed by atoms with Gasteiger partial charge in [-0.15, -0.1) is 0 Å². The molecule has 0 N–H and O–H groups in total. The van der Waals surface area contributed by atoms with Gasteiger partial charge in [-0.1, -0.05) is 38.7 Å². The Bertz CT molecular complexity index is 646. The zero-order chi connectivity index (χ0) is 16.3. The second-order valence-electron chi connectivity index (χ2n) is 5.66. The summed E-state index contributed by atoms with van der Waals surface area (Å²) in [7, 11) is 1.56. The number of carbonyl (C=O) groups excluding carboxylic acids is 1. The molecule has 6 nitrogen and oxygen atoms in total. The number of methoxy groups -OCH3 is 1. The van der Waals surface area contributed by atoms with Crippen LogP contribution in [0.2, 0.25) is 0 Å². The molecular formula is C15H18N2O4S. The first kappa shape index (κ1) is 16.2. The third kappa shape index (κ3) is 3.73. The van der Waals surface area contributed by atoms with E-state index >= 15 is 0 Å². The lowest BCUT2D eigenvalue weighted by molar-refractivity contribution is 0.211. The molecule has 2 aromatic rings. The molecule has 1 heterocycles.